The van der Waals surface area contributed by atoms with E-state index in [9.17, 15) is 9.18 Å². The highest BCUT2D eigenvalue weighted by Crippen LogP contribution is 2.21. The number of benzene rings is 1. The van der Waals surface area contributed by atoms with E-state index in [-0.39, 0.29) is 24.2 Å². The summed E-state index contributed by atoms with van der Waals surface area (Å²) in [4.78, 5) is 11.6. The second-order valence-electron chi connectivity index (χ2n) is 4.36. The Hall–Kier alpha value is -1.62. The van der Waals surface area contributed by atoms with Gasteiger partial charge in [-0.2, -0.15) is 0 Å². The number of methoxy groups -OCH3 is 1. The molecule has 0 fully saturated rings. The molecule has 0 heterocycles. The number of ether oxygens (including phenoxy) is 1. The van der Waals surface area contributed by atoms with E-state index in [2.05, 4.69) is 10.6 Å². The molecule has 19 heavy (non-hydrogen) atoms. The van der Waals surface area contributed by atoms with Gasteiger partial charge in [0.25, 0.3) is 0 Å². The Morgan fingerprint density at radius 1 is 1.47 bits per heavy atom. The standard InChI is InChI=1S/C14H21FN2O2/c1-4-7-16-9-14(18)17-10(2)11-5-6-13(19-3)12(15)8-11/h5-6,8,10,16H,4,7,9H2,1-3H3,(H,17,18). The minimum atomic E-state index is -0.426. The molecule has 1 atom stereocenters. The SMILES string of the molecule is CCCNCC(=O)NC(C)c1ccc(OC)c(F)c1. The number of hydrogen-bond acceptors (Lipinski definition) is 3. The largest absolute Gasteiger partial charge is 0.494 e. The molecule has 0 saturated carbocycles. The molecule has 106 valence electrons. The molecule has 0 aromatic heterocycles. The topological polar surface area (TPSA) is 50.4 Å². The Bertz CT molecular complexity index is 424. The van der Waals surface area contributed by atoms with Gasteiger partial charge in [-0.05, 0) is 37.6 Å². The first-order valence-corrected chi connectivity index (χ1v) is 6.42. The number of halogens is 1. The number of nitrogens with one attached hydrogen (secondary N) is 2. The Balaban J connectivity index is 2.55. The molecule has 1 aromatic carbocycles. The second kappa shape index (κ2) is 7.74. The Kier molecular flexibility index (Phi) is 6.29. The van der Waals surface area contributed by atoms with Crippen molar-refractivity contribution >= 4 is 5.91 Å². The van der Waals surface area contributed by atoms with Gasteiger partial charge in [-0.15, -0.1) is 0 Å². The van der Waals surface area contributed by atoms with Crippen LogP contribution < -0.4 is 15.4 Å². The summed E-state index contributed by atoms with van der Waals surface area (Å²) < 4.78 is 18.4. The van der Waals surface area contributed by atoms with Crippen LogP contribution in [-0.4, -0.2) is 26.1 Å². The van der Waals surface area contributed by atoms with E-state index >= 15 is 0 Å². The highest BCUT2D eigenvalue weighted by molar-refractivity contribution is 5.78. The van der Waals surface area contributed by atoms with E-state index in [1.165, 1.54) is 13.2 Å². The minimum Gasteiger partial charge on any atom is -0.494 e. The molecule has 1 amide bonds. The first-order chi connectivity index (χ1) is 9.08. The Morgan fingerprint density at radius 3 is 2.79 bits per heavy atom. The fraction of sp³-hybridized carbons (Fsp3) is 0.500. The molecule has 0 radical (unpaired) electrons. The number of amides is 1. The molecule has 1 aromatic rings. The molecule has 0 saturated heterocycles. The van der Waals surface area contributed by atoms with Gasteiger partial charge in [0.2, 0.25) is 5.91 Å². The number of hydrogen-bond donors (Lipinski definition) is 2. The van der Waals surface area contributed by atoms with Crippen LogP contribution in [0.4, 0.5) is 4.39 Å². The molecule has 4 nitrogen and oxygen atoms in total. The van der Waals surface area contributed by atoms with Crippen molar-refractivity contribution in [3.05, 3.63) is 29.6 Å². The van der Waals surface area contributed by atoms with Crippen molar-refractivity contribution in [3.8, 4) is 5.75 Å². The van der Waals surface area contributed by atoms with Gasteiger partial charge in [0.15, 0.2) is 11.6 Å². The summed E-state index contributed by atoms with van der Waals surface area (Å²) >= 11 is 0. The van der Waals surface area contributed by atoms with Crippen LogP contribution in [0.2, 0.25) is 0 Å². The van der Waals surface area contributed by atoms with Crippen LogP contribution in [0, 0.1) is 5.82 Å². The molecule has 0 aliphatic carbocycles. The van der Waals surface area contributed by atoms with Gasteiger partial charge in [0.05, 0.1) is 19.7 Å². The average Bonchev–Trinajstić information content (AvgIpc) is 2.38. The van der Waals surface area contributed by atoms with Gasteiger partial charge in [0.1, 0.15) is 0 Å². The van der Waals surface area contributed by atoms with E-state index in [0.717, 1.165) is 13.0 Å². The van der Waals surface area contributed by atoms with Crippen LogP contribution in [0.15, 0.2) is 18.2 Å². The molecular weight excluding hydrogens is 247 g/mol. The molecule has 0 aliphatic rings. The number of carbonyl (C=O) groups is 1. The zero-order valence-corrected chi connectivity index (χ0v) is 11.6. The van der Waals surface area contributed by atoms with Gasteiger partial charge in [-0.25, -0.2) is 4.39 Å². The van der Waals surface area contributed by atoms with Gasteiger partial charge < -0.3 is 15.4 Å². The Morgan fingerprint density at radius 2 is 2.21 bits per heavy atom. The van der Waals surface area contributed by atoms with Crippen molar-refractivity contribution in [2.45, 2.75) is 26.3 Å². The summed E-state index contributed by atoms with van der Waals surface area (Å²) in [7, 11) is 1.42. The van der Waals surface area contributed by atoms with E-state index in [1.54, 1.807) is 12.1 Å². The van der Waals surface area contributed by atoms with Crippen LogP contribution in [0.5, 0.6) is 5.75 Å². The summed E-state index contributed by atoms with van der Waals surface area (Å²) in [5, 5.41) is 5.83. The average molecular weight is 268 g/mol. The summed E-state index contributed by atoms with van der Waals surface area (Å²) in [5.74, 6) is -0.325. The lowest BCUT2D eigenvalue weighted by Crippen LogP contribution is -2.35. The van der Waals surface area contributed by atoms with E-state index in [4.69, 9.17) is 4.74 Å². The summed E-state index contributed by atoms with van der Waals surface area (Å²) in [6, 6.07) is 4.44. The third-order valence-electron chi connectivity index (χ3n) is 2.77. The zero-order chi connectivity index (χ0) is 14.3. The fourth-order valence-electron chi connectivity index (χ4n) is 1.71. The van der Waals surface area contributed by atoms with Crippen LogP contribution in [0.25, 0.3) is 0 Å². The lowest BCUT2D eigenvalue weighted by atomic mass is 10.1. The van der Waals surface area contributed by atoms with Crippen molar-refractivity contribution in [1.82, 2.24) is 10.6 Å². The maximum atomic E-state index is 13.5. The number of rotatable bonds is 7. The smallest absolute Gasteiger partial charge is 0.234 e. The van der Waals surface area contributed by atoms with Crippen LogP contribution in [-0.2, 0) is 4.79 Å². The lowest BCUT2D eigenvalue weighted by molar-refractivity contribution is -0.120. The molecule has 0 aliphatic heterocycles. The first kappa shape index (κ1) is 15.4. The lowest BCUT2D eigenvalue weighted by Gasteiger charge is -2.15. The monoisotopic (exact) mass is 268 g/mol. The Labute approximate surface area is 113 Å². The first-order valence-electron chi connectivity index (χ1n) is 6.42. The molecule has 0 bridgehead atoms. The van der Waals surface area contributed by atoms with Crippen LogP contribution in [0.3, 0.4) is 0 Å². The van der Waals surface area contributed by atoms with Gasteiger partial charge in [0, 0.05) is 0 Å². The van der Waals surface area contributed by atoms with Gasteiger partial charge in [-0.3, -0.25) is 4.79 Å². The molecular formula is C14H21FN2O2. The van der Waals surface area contributed by atoms with E-state index < -0.39 is 5.82 Å². The number of carbonyl (C=O) groups excluding carboxylic acids is 1. The highest BCUT2D eigenvalue weighted by Gasteiger charge is 2.11. The molecule has 1 unspecified atom stereocenters. The third-order valence-corrected chi connectivity index (χ3v) is 2.77. The predicted molar refractivity (Wildman–Crippen MR) is 72.7 cm³/mol. The predicted octanol–water partition coefficient (Wildman–Crippen LogP) is 2.01. The van der Waals surface area contributed by atoms with Crippen molar-refractivity contribution in [3.63, 3.8) is 0 Å². The zero-order valence-electron chi connectivity index (χ0n) is 11.6. The van der Waals surface area contributed by atoms with Crippen molar-refractivity contribution < 1.29 is 13.9 Å². The van der Waals surface area contributed by atoms with Crippen LogP contribution >= 0.6 is 0 Å². The summed E-state index contributed by atoms with van der Waals surface area (Å²) in [6.07, 6.45) is 0.979. The minimum absolute atomic E-state index is 0.0998. The summed E-state index contributed by atoms with van der Waals surface area (Å²) in [6.45, 7) is 4.93. The van der Waals surface area contributed by atoms with Crippen molar-refractivity contribution in [1.29, 1.82) is 0 Å². The molecule has 2 N–H and O–H groups in total. The quantitative estimate of drug-likeness (QED) is 0.744. The molecule has 5 heteroatoms. The normalized spacial score (nSPS) is 12.0. The van der Waals surface area contributed by atoms with E-state index in [1.807, 2.05) is 13.8 Å². The van der Waals surface area contributed by atoms with Gasteiger partial charge in [-0.1, -0.05) is 13.0 Å². The maximum Gasteiger partial charge on any atom is 0.234 e. The third kappa shape index (κ3) is 4.87. The van der Waals surface area contributed by atoms with Crippen molar-refractivity contribution in [2.24, 2.45) is 0 Å². The van der Waals surface area contributed by atoms with Crippen molar-refractivity contribution in [2.75, 3.05) is 20.2 Å². The maximum absolute atomic E-state index is 13.5. The fourth-order valence-corrected chi connectivity index (χ4v) is 1.71. The molecule has 1 rings (SSSR count). The van der Waals surface area contributed by atoms with Gasteiger partial charge >= 0.3 is 0 Å². The highest BCUT2D eigenvalue weighted by atomic mass is 19.1. The summed E-state index contributed by atoms with van der Waals surface area (Å²) in [5.41, 5.74) is 0.710. The molecule has 0 spiro atoms. The van der Waals surface area contributed by atoms with E-state index in [0.29, 0.717) is 5.56 Å². The second-order valence-corrected chi connectivity index (χ2v) is 4.36. The van der Waals surface area contributed by atoms with Crippen LogP contribution in [0.1, 0.15) is 31.9 Å².